The minimum absolute atomic E-state index is 0.0327. The molecule has 0 saturated heterocycles. The van der Waals surface area contributed by atoms with Gasteiger partial charge in [0, 0.05) is 18.3 Å². The predicted molar refractivity (Wildman–Crippen MR) is 109 cm³/mol. The van der Waals surface area contributed by atoms with Gasteiger partial charge in [0.2, 0.25) is 9.84 Å². The molecule has 0 bridgehead atoms. The molecule has 0 saturated carbocycles. The van der Waals surface area contributed by atoms with Crippen molar-refractivity contribution in [3.63, 3.8) is 0 Å². The van der Waals surface area contributed by atoms with E-state index in [-0.39, 0.29) is 30.6 Å². The van der Waals surface area contributed by atoms with Crippen molar-refractivity contribution in [2.75, 3.05) is 11.9 Å². The van der Waals surface area contributed by atoms with Crippen molar-refractivity contribution in [3.8, 4) is 0 Å². The first kappa shape index (κ1) is 22.3. The fourth-order valence-corrected chi connectivity index (χ4v) is 4.73. The van der Waals surface area contributed by atoms with Gasteiger partial charge in [-0.1, -0.05) is 22.9 Å². The Morgan fingerprint density at radius 3 is 2.45 bits per heavy atom. The van der Waals surface area contributed by atoms with E-state index in [2.05, 4.69) is 15.3 Å². The highest BCUT2D eigenvalue weighted by Crippen LogP contribution is 2.29. The molecule has 2 aromatic heterocycles. The van der Waals surface area contributed by atoms with Gasteiger partial charge in [-0.25, -0.2) is 23.2 Å². The number of carbonyl (C=O) groups is 2. The van der Waals surface area contributed by atoms with Gasteiger partial charge in [-0.3, -0.25) is 20.2 Å². The Bertz CT molecular complexity index is 1240. The van der Waals surface area contributed by atoms with Crippen LogP contribution in [0, 0.1) is 10.1 Å². The fraction of sp³-hybridized carbons (Fsp3) is 0.0588. The van der Waals surface area contributed by atoms with Gasteiger partial charge in [-0.05, 0) is 24.3 Å². The summed E-state index contributed by atoms with van der Waals surface area (Å²) < 4.78 is 29.9. The van der Waals surface area contributed by atoms with Gasteiger partial charge in [-0.2, -0.15) is 0 Å². The predicted octanol–water partition coefficient (Wildman–Crippen LogP) is 2.73. The second-order valence-electron chi connectivity index (χ2n) is 5.73. The van der Waals surface area contributed by atoms with Crippen LogP contribution in [0.1, 0.15) is 10.4 Å². The van der Waals surface area contributed by atoms with Crippen molar-refractivity contribution in [1.29, 1.82) is 0 Å². The number of carbonyl (C=O) groups excluding carboxylic acids is 2. The Morgan fingerprint density at radius 1 is 1.13 bits per heavy atom. The first-order chi connectivity index (χ1) is 14.7. The number of hydrogen-bond acceptors (Lipinski definition) is 10. The lowest BCUT2D eigenvalue weighted by molar-refractivity contribution is -0.384. The van der Waals surface area contributed by atoms with E-state index in [1.807, 2.05) is 0 Å². The Kier molecular flexibility index (Phi) is 6.58. The van der Waals surface area contributed by atoms with E-state index in [1.165, 1.54) is 18.3 Å². The smallest absolute Gasteiger partial charge is 0.340 e. The SMILES string of the molecule is O=C(COC(=O)c1ccc(Cl)nc1)Nc1ncc(S(=O)(=O)c2ccc([N+](=O)[O-])cc2)s1. The fourth-order valence-electron chi connectivity index (χ4n) is 2.17. The molecule has 3 rings (SSSR count). The van der Waals surface area contributed by atoms with E-state index in [0.29, 0.717) is 11.3 Å². The first-order valence-electron chi connectivity index (χ1n) is 8.21. The van der Waals surface area contributed by atoms with E-state index in [9.17, 15) is 28.1 Å². The summed E-state index contributed by atoms with van der Waals surface area (Å²) in [7, 11) is -3.98. The second kappa shape index (κ2) is 9.16. The summed E-state index contributed by atoms with van der Waals surface area (Å²) in [6, 6.07) is 7.13. The van der Waals surface area contributed by atoms with Crippen molar-refractivity contribution < 1.29 is 27.7 Å². The van der Waals surface area contributed by atoms with Gasteiger partial charge < -0.3 is 4.74 Å². The molecule has 11 nitrogen and oxygen atoms in total. The van der Waals surface area contributed by atoms with Crippen LogP contribution in [0.4, 0.5) is 10.8 Å². The molecule has 0 aliphatic rings. The molecule has 0 unspecified atom stereocenters. The molecule has 0 spiro atoms. The number of non-ortho nitro benzene ring substituents is 1. The quantitative estimate of drug-likeness (QED) is 0.231. The van der Waals surface area contributed by atoms with Crippen molar-refractivity contribution >= 4 is 55.5 Å². The highest BCUT2D eigenvalue weighted by molar-refractivity contribution is 7.93. The molecule has 14 heteroatoms. The topological polar surface area (TPSA) is 158 Å². The molecule has 31 heavy (non-hydrogen) atoms. The van der Waals surface area contributed by atoms with Gasteiger partial charge >= 0.3 is 5.97 Å². The van der Waals surface area contributed by atoms with Gasteiger partial charge in [0.25, 0.3) is 11.6 Å². The molecular weight excluding hydrogens is 472 g/mol. The van der Waals surface area contributed by atoms with Gasteiger partial charge in [0.1, 0.15) is 9.36 Å². The van der Waals surface area contributed by atoms with E-state index in [0.717, 1.165) is 30.5 Å². The van der Waals surface area contributed by atoms with Crippen molar-refractivity contribution in [2.45, 2.75) is 9.10 Å². The zero-order chi connectivity index (χ0) is 22.6. The highest BCUT2D eigenvalue weighted by Gasteiger charge is 2.22. The lowest BCUT2D eigenvalue weighted by Gasteiger charge is -2.04. The summed E-state index contributed by atoms with van der Waals surface area (Å²) >= 11 is 6.30. The molecular formula is C17H11ClN4O7S2. The lowest BCUT2D eigenvalue weighted by Crippen LogP contribution is -2.20. The molecule has 1 N–H and O–H groups in total. The number of nitrogens with zero attached hydrogens (tertiary/aromatic N) is 3. The molecule has 0 atom stereocenters. The number of aromatic nitrogens is 2. The summed E-state index contributed by atoms with van der Waals surface area (Å²) in [6.07, 6.45) is 2.24. The molecule has 0 radical (unpaired) electrons. The third-order valence-electron chi connectivity index (χ3n) is 3.65. The molecule has 160 valence electrons. The number of nitro groups is 1. The maximum atomic E-state index is 12.6. The number of rotatable bonds is 7. The molecule has 3 aromatic rings. The van der Waals surface area contributed by atoms with Crippen LogP contribution < -0.4 is 5.32 Å². The summed E-state index contributed by atoms with van der Waals surface area (Å²) in [5.74, 6) is -1.52. The van der Waals surface area contributed by atoms with Crippen LogP contribution in [-0.4, -0.2) is 41.8 Å². The number of sulfone groups is 1. The van der Waals surface area contributed by atoms with E-state index >= 15 is 0 Å². The maximum Gasteiger partial charge on any atom is 0.340 e. The van der Waals surface area contributed by atoms with E-state index in [1.54, 1.807) is 0 Å². The number of halogens is 1. The van der Waals surface area contributed by atoms with Crippen LogP contribution in [-0.2, 0) is 19.4 Å². The summed E-state index contributed by atoms with van der Waals surface area (Å²) in [6.45, 7) is -0.633. The Balaban J connectivity index is 1.62. The van der Waals surface area contributed by atoms with Crippen LogP contribution in [0.3, 0.4) is 0 Å². The third-order valence-corrected chi connectivity index (χ3v) is 7.02. The van der Waals surface area contributed by atoms with Crippen molar-refractivity contribution in [3.05, 3.63) is 69.6 Å². The average Bonchev–Trinajstić information content (AvgIpc) is 3.22. The standard InChI is InChI=1S/C17H11ClN4O7S2/c18-13-6-1-10(7-19-13)16(24)29-9-14(23)21-17-20-8-15(30-17)31(27,28)12-4-2-11(3-5-12)22(25)26/h1-8H,9H2,(H,20,21,23). The van der Waals surface area contributed by atoms with E-state index in [4.69, 9.17) is 16.3 Å². The second-order valence-corrected chi connectivity index (χ2v) is 9.33. The highest BCUT2D eigenvalue weighted by atomic mass is 35.5. The minimum Gasteiger partial charge on any atom is -0.452 e. The first-order valence-corrected chi connectivity index (χ1v) is 10.9. The van der Waals surface area contributed by atoms with Crippen molar-refractivity contribution in [2.24, 2.45) is 0 Å². The molecule has 0 aliphatic carbocycles. The van der Waals surface area contributed by atoms with Crippen LogP contribution in [0.25, 0.3) is 0 Å². The number of ether oxygens (including phenoxy) is 1. The lowest BCUT2D eigenvalue weighted by atomic mass is 10.3. The molecule has 0 fully saturated rings. The van der Waals surface area contributed by atoms with Crippen molar-refractivity contribution in [1.82, 2.24) is 9.97 Å². The summed E-state index contributed by atoms with van der Waals surface area (Å²) in [4.78, 5) is 41.2. The maximum absolute atomic E-state index is 12.6. The largest absolute Gasteiger partial charge is 0.452 e. The number of anilines is 1. The Morgan fingerprint density at radius 2 is 1.84 bits per heavy atom. The normalized spacial score (nSPS) is 11.0. The Labute approximate surface area is 183 Å². The number of nitro benzene ring substituents is 1. The van der Waals surface area contributed by atoms with Gasteiger partial charge in [-0.15, -0.1) is 0 Å². The number of hydrogen-bond donors (Lipinski definition) is 1. The van der Waals surface area contributed by atoms with Crippen LogP contribution >= 0.6 is 22.9 Å². The minimum atomic E-state index is -3.98. The number of benzene rings is 1. The number of amides is 1. The van der Waals surface area contributed by atoms with Crippen LogP contribution in [0.5, 0.6) is 0 Å². The number of esters is 1. The summed E-state index contributed by atoms with van der Waals surface area (Å²) in [5, 5.41) is 13.2. The zero-order valence-electron chi connectivity index (χ0n) is 15.2. The monoisotopic (exact) mass is 482 g/mol. The Hall–Kier alpha value is -3.42. The summed E-state index contributed by atoms with van der Waals surface area (Å²) in [5.41, 5.74) is -0.150. The average molecular weight is 483 g/mol. The van der Waals surface area contributed by atoms with Gasteiger partial charge in [0.05, 0.1) is 21.6 Å². The third kappa shape index (κ3) is 5.39. The van der Waals surface area contributed by atoms with Gasteiger partial charge in [0.15, 0.2) is 11.7 Å². The molecule has 1 amide bonds. The van der Waals surface area contributed by atoms with Crippen LogP contribution in [0.15, 0.2) is 57.9 Å². The molecule has 0 aliphatic heterocycles. The number of nitrogens with one attached hydrogen (secondary N) is 1. The number of thiazole rings is 1. The molecule has 1 aromatic carbocycles. The number of pyridine rings is 1. The zero-order valence-corrected chi connectivity index (χ0v) is 17.6. The van der Waals surface area contributed by atoms with Crippen LogP contribution in [0.2, 0.25) is 5.15 Å². The van der Waals surface area contributed by atoms with E-state index < -0.39 is 33.2 Å². The molecule has 2 heterocycles.